The first-order valence-electron chi connectivity index (χ1n) is 8.83. The minimum atomic E-state index is -0.117. The fourth-order valence-corrected chi connectivity index (χ4v) is 2.67. The van der Waals surface area contributed by atoms with E-state index in [1.807, 2.05) is 18.2 Å². The molecule has 0 fully saturated rings. The Bertz CT molecular complexity index is 484. The van der Waals surface area contributed by atoms with E-state index < -0.39 is 0 Å². The van der Waals surface area contributed by atoms with E-state index in [0.29, 0.717) is 13.0 Å². The number of carbonyl (C=O) groups is 1. The second-order valence-electron chi connectivity index (χ2n) is 6.07. The molecule has 0 saturated heterocycles. The highest BCUT2D eigenvalue weighted by Crippen LogP contribution is 2.32. The molecule has 1 aromatic rings. The van der Waals surface area contributed by atoms with Gasteiger partial charge >= 0.3 is 5.97 Å². The van der Waals surface area contributed by atoms with Crippen molar-refractivity contribution < 1.29 is 19.0 Å². The van der Waals surface area contributed by atoms with Crippen molar-refractivity contribution in [1.29, 1.82) is 0 Å². The van der Waals surface area contributed by atoms with Crippen molar-refractivity contribution in [1.82, 2.24) is 0 Å². The predicted molar refractivity (Wildman–Crippen MR) is 89.6 cm³/mol. The molecular formula is C19H28O4. The van der Waals surface area contributed by atoms with Crippen LogP contribution in [0.3, 0.4) is 0 Å². The van der Waals surface area contributed by atoms with Gasteiger partial charge in [0.25, 0.3) is 0 Å². The van der Waals surface area contributed by atoms with Crippen molar-refractivity contribution in [3.8, 4) is 11.5 Å². The Kier molecular flexibility index (Phi) is 7.78. The zero-order valence-electron chi connectivity index (χ0n) is 14.1. The smallest absolute Gasteiger partial charge is 0.306 e. The molecule has 0 atom stereocenters. The van der Waals surface area contributed by atoms with Crippen molar-refractivity contribution in [3.05, 3.63) is 23.8 Å². The number of esters is 1. The topological polar surface area (TPSA) is 44.8 Å². The number of hydrogen-bond acceptors (Lipinski definition) is 4. The van der Waals surface area contributed by atoms with Crippen LogP contribution in [-0.4, -0.2) is 12.8 Å². The maximum atomic E-state index is 11.7. The van der Waals surface area contributed by atoms with Crippen molar-refractivity contribution in [3.63, 3.8) is 0 Å². The lowest BCUT2D eigenvalue weighted by Gasteiger charge is -2.06. The van der Waals surface area contributed by atoms with Gasteiger partial charge in [0.05, 0.1) is 0 Å². The quantitative estimate of drug-likeness (QED) is 0.425. The van der Waals surface area contributed by atoms with Gasteiger partial charge in [0.15, 0.2) is 11.5 Å². The van der Waals surface area contributed by atoms with Gasteiger partial charge in [0.1, 0.15) is 6.61 Å². The Hall–Kier alpha value is -1.71. The molecule has 0 spiro atoms. The Balaban J connectivity index is 1.52. The molecule has 1 aromatic carbocycles. The minimum absolute atomic E-state index is 0.117. The molecule has 0 radical (unpaired) electrons. The van der Waals surface area contributed by atoms with Crippen LogP contribution < -0.4 is 9.47 Å². The van der Waals surface area contributed by atoms with E-state index in [4.69, 9.17) is 14.2 Å². The van der Waals surface area contributed by atoms with Gasteiger partial charge in [-0.25, -0.2) is 0 Å². The van der Waals surface area contributed by atoms with Gasteiger partial charge < -0.3 is 14.2 Å². The summed E-state index contributed by atoms with van der Waals surface area (Å²) in [6, 6.07) is 5.62. The summed E-state index contributed by atoms with van der Waals surface area (Å²) >= 11 is 0. The van der Waals surface area contributed by atoms with Crippen LogP contribution in [0.2, 0.25) is 0 Å². The van der Waals surface area contributed by atoms with Crippen LogP contribution in [0, 0.1) is 0 Å². The summed E-state index contributed by atoms with van der Waals surface area (Å²) in [5.74, 6) is 1.36. The van der Waals surface area contributed by atoms with Gasteiger partial charge in [-0.2, -0.15) is 0 Å². The Morgan fingerprint density at radius 1 is 1.00 bits per heavy atom. The molecule has 0 saturated carbocycles. The van der Waals surface area contributed by atoms with Gasteiger partial charge in [0.2, 0.25) is 6.79 Å². The third-order valence-corrected chi connectivity index (χ3v) is 4.07. The fourth-order valence-electron chi connectivity index (χ4n) is 2.67. The van der Waals surface area contributed by atoms with Crippen molar-refractivity contribution in [2.75, 3.05) is 6.79 Å². The molecule has 0 N–H and O–H groups in total. The maximum absolute atomic E-state index is 11.7. The van der Waals surface area contributed by atoms with Gasteiger partial charge in [-0.05, 0) is 24.1 Å². The van der Waals surface area contributed by atoms with Crippen molar-refractivity contribution in [2.45, 2.75) is 71.3 Å². The summed E-state index contributed by atoms with van der Waals surface area (Å²) in [5.41, 5.74) is 0.929. The average Bonchev–Trinajstić information content (AvgIpc) is 3.03. The second kappa shape index (κ2) is 10.1. The zero-order chi connectivity index (χ0) is 16.3. The molecule has 0 aliphatic carbocycles. The summed E-state index contributed by atoms with van der Waals surface area (Å²) < 4.78 is 15.9. The van der Waals surface area contributed by atoms with Crippen LogP contribution >= 0.6 is 0 Å². The third-order valence-electron chi connectivity index (χ3n) is 4.07. The third kappa shape index (κ3) is 6.51. The van der Waals surface area contributed by atoms with E-state index in [9.17, 15) is 4.79 Å². The Labute approximate surface area is 139 Å². The van der Waals surface area contributed by atoms with Gasteiger partial charge in [-0.1, -0.05) is 57.9 Å². The molecule has 23 heavy (non-hydrogen) atoms. The molecule has 0 unspecified atom stereocenters. The summed E-state index contributed by atoms with van der Waals surface area (Å²) in [7, 11) is 0. The highest BCUT2D eigenvalue weighted by molar-refractivity contribution is 5.69. The van der Waals surface area contributed by atoms with Gasteiger partial charge in [-0.3, -0.25) is 4.79 Å². The molecule has 1 aliphatic rings. The fraction of sp³-hybridized carbons (Fsp3) is 0.632. The lowest BCUT2D eigenvalue weighted by molar-refractivity contribution is -0.145. The zero-order valence-corrected chi connectivity index (χ0v) is 14.1. The van der Waals surface area contributed by atoms with Crippen LogP contribution in [0.1, 0.15) is 70.3 Å². The van der Waals surface area contributed by atoms with Crippen LogP contribution in [0.5, 0.6) is 11.5 Å². The summed E-state index contributed by atoms with van der Waals surface area (Å²) in [5, 5.41) is 0. The summed E-state index contributed by atoms with van der Waals surface area (Å²) in [6.45, 7) is 2.79. The van der Waals surface area contributed by atoms with E-state index >= 15 is 0 Å². The first kappa shape index (κ1) is 17.6. The normalized spacial score (nSPS) is 12.4. The first-order valence-corrected chi connectivity index (χ1v) is 8.83. The predicted octanol–water partition coefficient (Wildman–Crippen LogP) is 4.99. The molecule has 0 amide bonds. The highest BCUT2D eigenvalue weighted by atomic mass is 16.7. The molecule has 4 heteroatoms. The molecule has 0 aromatic heterocycles. The number of ether oxygens (including phenoxy) is 3. The van der Waals surface area contributed by atoms with E-state index in [2.05, 4.69) is 6.92 Å². The number of hydrogen-bond donors (Lipinski definition) is 0. The summed E-state index contributed by atoms with van der Waals surface area (Å²) in [6.07, 6.45) is 10.3. The van der Waals surface area contributed by atoms with Gasteiger partial charge in [-0.15, -0.1) is 0 Å². The second-order valence-corrected chi connectivity index (χ2v) is 6.07. The van der Waals surface area contributed by atoms with Crippen LogP contribution in [0.4, 0.5) is 0 Å². The molecule has 2 rings (SSSR count). The first-order chi connectivity index (χ1) is 11.3. The molecule has 1 heterocycles. The maximum Gasteiger partial charge on any atom is 0.306 e. The highest BCUT2D eigenvalue weighted by Gasteiger charge is 2.13. The van der Waals surface area contributed by atoms with Crippen molar-refractivity contribution in [2.24, 2.45) is 0 Å². The van der Waals surface area contributed by atoms with E-state index in [1.165, 1.54) is 38.5 Å². The van der Waals surface area contributed by atoms with Crippen LogP contribution in [0.15, 0.2) is 18.2 Å². The van der Waals surface area contributed by atoms with E-state index in [0.717, 1.165) is 29.9 Å². The monoisotopic (exact) mass is 320 g/mol. The molecule has 128 valence electrons. The largest absolute Gasteiger partial charge is 0.461 e. The van der Waals surface area contributed by atoms with E-state index in [-0.39, 0.29) is 12.8 Å². The molecule has 4 nitrogen and oxygen atoms in total. The molecule has 0 bridgehead atoms. The lowest BCUT2D eigenvalue weighted by atomic mass is 10.1. The lowest BCUT2D eigenvalue weighted by Crippen LogP contribution is -2.04. The molecular weight excluding hydrogens is 292 g/mol. The Morgan fingerprint density at radius 3 is 2.48 bits per heavy atom. The van der Waals surface area contributed by atoms with E-state index in [1.54, 1.807) is 0 Å². The van der Waals surface area contributed by atoms with Gasteiger partial charge in [0, 0.05) is 6.42 Å². The minimum Gasteiger partial charge on any atom is -0.461 e. The SMILES string of the molecule is CCCCCCCCCCC(=O)OCc1ccc2c(c1)OCO2. The number of carbonyl (C=O) groups excluding carboxylic acids is 1. The van der Waals surface area contributed by atoms with Crippen LogP contribution in [0.25, 0.3) is 0 Å². The Morgan fingerprint density at radius 2 is 1.70 bits per heavy atom. The number of benzene rings is 1. The van der Waals surface area contributed by atoms with Crippen molar-refractivity contribution >= 4 is 5.97 Å². The average molecular weight is 320 g/mol. The number of fused-ring (bicyclic) bond motifs is 1. The standard InChI is InChI=1S/C19H28O4/c1-2-3-4-5-6-7-8-9-10-19(20)21-14-16-11-12-17-18(13-16)23-15-22-17/h11-13H,2-10,14-15H2,1H3. The number of unbranched alkanes of at least 4 members (excludes halogenated alkanes) is 7. The molecule has 1 aliphatic heterocycles. The summed E-state index contributed by atoms with van der Waals surface area (Å²) in [4.78, 5) is 11.7. The number of rotatable bonds is 11. The van der Waals surface area contributed by atoms with Crippen LogP contribution in [-0.2, 0) is 16.1 Å².